The third-order valence-corrected chi connectivity index (χ3v) is 7.77. The van der Waals surface area contributed by atoms with Gasteiger partial charge in [-0.25, -0.2) is 13.3 Å². The zero-order valence-corrected chi connectivity index (χ0v) is 16.6. The van der Waals surface area contributed by atoms with Crippen LogP contribution in [0.15, 0.2) is 41.8 Å². The first-order valence-corrected chi connectivity index (χ1v) is 10.9. The van der Waals surface area contributed by atoms with Crippen molar-refractivity contribution < 1.29 is 26.2 Å². The van der Waals surface area contributed by atoms with E-state index in [4.69, 9.17) is 9.47 Å². The summed E-state index contributed by atoms with van der Waals surface area (Å²) in [7, 11) is -2.02. The lowest BCUT2D eigenvalue weighted by Crippen LogP contribution is -2.51. The van der Waals surface area contributed by atoms with Crippen LogP contribution in [0.1, 0.15) is 18.4 Å². The molecule has 3 heterocycles. The number of ether oxygens (including phenoxy) is 2. The van der Waals surface area contributed by atoms with Gasteiger partial charge in [0.25, 0.3) is 0 Å². The standard InChI is InChI=1S/C19H25FN3O4S/c1-22-11-18(21-14-22)28(24,25)23(12-15-3-5-17(20)6-4-15)8-7-16(13-23)19-26-9-2-10-27-19/h3-6,11,14,16,19H,2,7-10,12-13H2,1H3/q+1/t16-,23?/m0/s1. The van der Waals surface area contributed by atoms with Crippen LogP contribution >= 0.6 is 0 Å². The quantitative estimate of drug-likeness (QED) is 0.706. The van der Waals surface area contributed by atoms with Crippen molar-refractivity contribution in [2.75, 3.05) is 26.3 Å². The molecule has 1 aromatic heterocycles. The second-order valence-electron chi connectivity index (χ2n) is 7.61. The molecule has 2 atom stereocenters. The van der Waals surface area contributed by atoms with Gasteiger partial charge in [-0.3, -0.25) is 0 Å². The van der Waals surface area contributed by atoms with Crippen molar-refractivity contribution in [3.05, 3.63) is 48.2 Å². The van der Waals surface area contributed by atoms with Crippen LogP contribution in [0.3, 0.4) is 0 Å². The van der Waals surface area contributed by atoms with Crippen molar-refractivity contribution in [1.29, 1.82) is 0 Å². The molecule has 28 heavy (non-hydrogen) atoms. The summed E-state index contributed by atoms with van der Waals surface area (Å²) in [5.74, 6) is -0.356. The van der Waals surface area contributed by atoms with Crippen LogP contribution in [0, 0.1) is 11.7 Å². The maximum absolute atomic E-state index is 13.6. The first kappa shape index (κ1) is 19.5. The number of aryl methyl sites for hydroxylation is 1. The predicted molar refractivity (Wildman–Crippen MR) is 98.9 cm³/mol. The smallest absolute Gasteiger partial charge is 0.346 e. The molecule has 2 aliphatic heterocycles. The third kappa shape index (κ3) is 3.59. The molecule has 152 valence electrons. The summed E-state index contributed by atoms with van der Waals surface area (Å²) < 4.78 is 53.5. The van der Waals surface area contributed by atoms with Crippen LogP contribution in [0.4, 0.5) is 4.39 Å². The van der Waals surface area contributed by atoms with E-state index in [1.54, 1.807) is 23.7 Å². The van der Waals surface area contributed by atoms with Crippen LogP contribution < -0.4 is 0 Å². The highest BCUT2D eigenvalue weighted by molar-refractivity contribution is 7.85. The fourth-order valence-electron chi connectivity index (χ4n) is 4.10. The highest BCUT2D eigenvalue weighted by atomic mass is 32.2. The number of halogens is 1. The highest BCUT2D eigenvalue weighted by Gasteiger charge is 2.52. The van der Waals surface area contributed by atoms with Crippen molar-refractivity contribution in [1.82, 2.24) is 9.55 Å². The fraction of sp³-hybridized carbons (Fsp3) is 0.526. The summed E-state index contributed by atoms with van der Waals surface area (Å²) in [4.78, 5) is 4.11. The number of hydrogen-bond acceptors (Lipinski definition) is 5. The number of likely N-dealkylation sites (tertiary alicyclic amines) is 1. The Morgan fingerprint density at radius 3 is 2.61 bits per heavy atom. The van der Waals surface area contributed by atoms with E-state index in [1.165, 1.54) is 24.7 Å². The normalized spacial score (nSPS) is 26.6. The Bertz CT molecular complexity index is 925. The number of nitrogens with zero attached hydrogens (tertiary/aromatic N) is 3. The molecule has 1 aromatic carbocycles. The number of aromatic nitrogens is 2. The highest BCUT2D eigenvalue weighted by Crippen LogP contribution is 2.37. The van der Waals surface area contributed by atoms with Crippen molar-refractivity contribution in [3.63, 3.8) is 0 Å². The SMILES string of the molecule is Cn1cnc(S(=O)(=O)[N+]2(Cc3ccc(F)cc3)CC[C@H](C3OCCCO3)C2)c1. The van der Waals surface area contributed by atoms with E-state index in [0.29, 0.717) is 32.7 Å². The lowest BCUT2D eigenvalue weighted by atomic mass is 10.1. The van der Waals surface area contributed by atoms with E-state index in [0.717, 1.165) is 12.0 Å². The summed E-state index contributed by atoms with van der Waals surface area (Å²) in [5.41, 5.74) is 0.770. The molecule has 1 unspecified atom stereocenters. The van der Waals surface area contributed by atoms with Gasteiger partial charge in [-0.1, -0.05) is 12.1 Å². The Kier molecular flexibility index (Phi) is 5.26. The Hall–Kier alpha value is -1.81. The van der Waals surface area contributed by atoms with E-state index < -0.39 is 10.0 Å². The molecular formula is C19H25FN3O4S+. The average molecular weight is 410 g/mol. The monoisotopic (exact) mass is 410 g/mol. The van der Waals surface area contributed by atoms with Gasteiger partial charge in [0.2, 0.25) is 5.03 Å². The second kappa shape index (κ2) is 7.55. The summed E-state index contributed by atoms with van der Waals surface area (Å²) in [6.07, 6.45) is 4.17. The maximum atomic E-state index is 13.6. The average Bonchev–Trinajstić information content (AvgIpc) is 3.32. The van der Waals surface area contributed by atoms with Gasteiger partial charge in [-0.15, -0.1) is 0 Å². The fourth-order valence-corrected chi connectivity index (χ4v) is 6.03. The minimum Gasteiger partial charge on any atom is -0.352 e. The van der Waals surface area contributed by atoms with E-state index >= 15 is 0 Å². The maximum Gasteiger partial charge on any atom is 0.346 e. The topological polar surface area (TPSA) is 70.4 Å². The van der Waals surface area contributed by atoms with Crippen molar-refractivity contribution in [2.45, 2.75) is 30.7 Å². The summed E-state index contributed by atoms with van der Waals surface area (Å²) in [5, 5.41) is 0.0586. The van der Waals surface area contributed by atoms with E-state index in [-0.39, 0.29) is 33.5 Å². The summed E-state index contributed by atoms with van der Waals surface area (Å²) in [6, 6.07) is 6.01. The van der Waals surface area contributed by atoms with E-state index in [2.05, 4.69) is 4.98 Å². The van der Waals surface area contributed by atoms with Crippen LogP contribution in [-0.2, 0) is 33.1 Å². The van der Waals surface area contributed by atoms with Gasteiger partial charge < -0.3 is 14.0 Å². The molecule has 0 aliphatic carbocycles. The summed E-state index contributed by atoms with van der Waals surface area (Å²) in [6.45, 7) is 2.33. The Labute approximate surface area is 164 Å². The lowest BCUT2D eigenvalue weighted by molar-refractivity contribution is -0.809. The van der Waals surface area contributed by atoms with Crippen molar-refractivity contribution in [3.8, 4) is 0 Å². The Morgan fingerprint density at radius 1 is 1.25 bits per heavy atom. The molecule has 4 rings (SSSR count). The minimum atomic E-state index is -3.76. The third-order valence-electron chi connectivity index (χ3n) is 5.55. The Balaban J connectivity index is 1.68. The molecule has 0 bridgehead atoms. The van der Waals surface area contributed by atoms with Gasteiger partial charge in [0.05, 0.1) is 32.0 Å². The number of sulfonamides is 1. The first-order chi connectivity index (χ1) is 13.4. The summed E-state index contributed by atoms with van der Waals surface area (Å²) >= 11 is 0. The molecule has 2 saturated heterocycles. The minimum absolute atomic E-state index is 0.0146. The van der Waals surface area contributed by atoms with Gasteiger partial charge in [0.1, 0.15) is 18.9 Å². The molecule has 0 radical (unpaired) electrons. The molecule has 0 saturated carbocycles. The predicted octanol–water partition coefficient (Wildman–Crippen LogP) is 2.05. The van der Waals surface area contributed by atoms with Crippen LogP contribution in [0.2, 0.25) is 0 Å². The molecule has 7 nitrogen and oxygen atoms in total. The zero-order valence-electron chi connectivity index (χ0n) is 15.8. The van der Waals surface area contributed by atoms with E-state index in [9.17, 15) is 12.8 Å². The molecule has 2 aromatic rings. The number of quaternary nitrogens is 1. The van der Waals surface area contributed by atoms with Gasteiger partial charge in [0, 0.05) is 25.2 Å². The van der Waals surface area contributed by atoms with Crippen molar-refractivity contribution >= 4 is 10.0 Å². The number of benzene rings is 1. The molecule has 0 amide bonds. The second-order valence-corrected chi connectivity index (χ2v) is 9.76. The molecule has 9 heteroatoms. The molecule has 0 N–H and O–H groups in total. The first-order valence-electron chi connectivity index (χ1n) is 9.47. The molecule has 0 spiro atoms. The molecule has 2 fully saturated rings. The van der Waals surface area contributed by atoms with Gasteiger partial charge in [-0.2, -0.15) is 8.42 Å². The number of imidazole rings is 1. The van der Waals surface area contributed by atoms with Gasteiger partial charge in [0.15, 0.2) is 6.29 Å². The molecular weight excluding hydrogens is 385 g/mol. The largest absolute Gasteiger partial charge is 0.352 e. The lowest BCUT2D eigenvalue weighted by Gasteiger charge is -2.33. The van der Waals surface area contributed by atoms with Gasteiger partial charge >= 0.3 is 10.0 Å². The van der Waals surface area contributed by atoms with E-state index in [1.807, 2.05) is 0 Å². The number of rotatable bonds is 5. The molecule has 2 aliphatic rings. The van der Waals surface area contributed by atoms with Crippen LogP contribution in [0.25, 0.3) is 0 Å². The van der Waals surface area contributed by atoms with Crippen LogP contribution in [-0.4, -0.2) is 54.5 Å². The van der Waals surface area contributed by atoms with Crippen LogP contribution in [0.5, 0.6) is 0 Å². The van der Waals surface area contributed by atoms with Gasteiger partial charge in [-0.05, 0) is 18.6 Å². The zero-order chi connectivity index (χ0) is 19.8. The Morgan fingerprint density at radius 2 is 1.96 bits per heavy atom. The van der Waals surface area contributed by atoms with Crippen molar-refractivity contribution in [2.24, 2.45) is 13.0 Å². The number of hydrogen-bond donors (Lipinski definition) is 0.